The molecule has 0 heterocycles. The molecule has 0 fully saturated rings. The van der Waals surface area contributed by atoms with Gasteiger partial charge in [0.15, 0.2) is 11.5 Å². The molecule has 1 atom stereocenters. The third-order valence-corrected chi connectivity index (χ3v) is 2.69. The molecule has 0 aliphatic carbocycles. The second-order valence-corrected chi connectivity index (χ2v) is 4.03. The van der Waals surface area contributed by atoms with Crippen LogP contribution in [0.4, 0.5) is 5.69 Å². The number of carbonyl (C=O) groups excluding carboxylic acids is 1. The van der Waals surface area contributed by atoms with Gasteiger partial charge in [-0.05, 0) is 13.8 Å². The number of hydrogen-bond donors (Lipinski definition) is 1. The number of ether oxygens (including phenoxy) is 4. The van der Waals surface area contributed by atoms with Gasteiger partial charge in [-0.15, -0.1) is 0 Å². The zero-order valence-electron chi connectivity index (χ0n) is 12.5. The Morgan fingerprint density at radius 1 is 1.15 bits per heavy atom. The Morgan fingerprint density at radius 3 is 2.10 bits per heavy atom. The molecule has 0 aliphatic rings. The topological polar surface area (TPSA) is 66.0 Å². The molecule has 112 valence electrons. The van der Waals surface area contributed by atoms with E-state index in [-0.39, 0.29) is 5.97 Å². The Bertz CT molecular complexity index is 436. The lowest BCUT2D eigenvalue weighted by Crippen LogP contribution is -2.28. The molecule has 1 rings (SSSR count). The van der Waals surface area contributed by atoms with E-state index in [2.05, 4.69) is 5.32 Å². The first-order valence-electron chi connectivity index (χ1n) is 6.30. The van der Waals surface area contributed by atoms with Crippen LogP contribution in [0, 0.1) is 0 Å². The van der Waals surface area contributed by atoms with Gasteiger partial charge in [-0.3, -0.25) is 0 Å². The summed E-state index contributed by atoms with van der Waals surface area (Å²) in [5, 5.41) is 3.04. The van der Waals surface area contributed by atoms with Crippen molar-refractivity contribution in [3.8, 4) is 17.2 Å². The van der Waals surface area contributed by atoms with Crippen LogP contribution < -0.4 is 19.5 Å². The quantitative estimate of drug-likeness (QED) is 0.773. The van der Waals surface area contributed by atoms with E-state index in [1.54, 1.807) is 26.0 Å². The molecule has 6 heteroatoms. The Morgan fingerprint density at radius 2 is 1.70 bits per heavy atom. The summed E-state index contributed by atoms with van der Waals surface area (Å²) < 4.78 is 20.7. The minimum atomic E-state index is -0.474. The van der Waals surface area contributed by atoms with Gasteiger partial charge in [0.25, 0.3) is 0 Å². The van der Waals surface area contributed by atoms with Crippen molar-refractivity contribution in [2.24, 2.45) is 0 Å². The molecule has 0 amide bonds. The van der Waals surface area contributed by atoms with Crippen molar-refractivity contribution in [2.75, 3.05) is 33.3 Å². The Labute approximate surface area is 119 Å². The van der Waals surface area contributed by atoms with Crippen LogP contribution in [0.3, 0.4) is 0 Å². The monoisotopic (exact) mass is 283 g/mol. The van der Waals surface area contributed by atoms with Crippen molar-refractivity contribution in [3.05, 3.63) is 12.1 Å². The molecule has 0 spiro atoms. The summed E-state index contributed by atoms with van der Waals surface area (Å²) in [6.07, 6.45) is 0. The van der Waals surface area contributed by atoms with Crippen molar-refractivity contribution < 1.29 is 23.7 Å². The van der Waals surface area contributed by atoms with Crippen LogP contribution in [-0.4, -0.2) is 39.9 Å². The van der Waals surface area contributed by atoms with E-state index in [0.29, 0.717) is 29.5 Å². The van der Waals surface area contributed by atoms with E-state index in [1.165, 1.54) is 21.3 Å². The summed E-state index contributed by atoms with van der Waals surface area (Å²) in [5.74, 6) is 1.22. The third kappa shape index (κ3) is 3.69. The third-order valence-electron chi connectivity index (χ3n) is 2.69. The molecule has 1 aromatic rings. The number of hydrogen-bond acceptors (Lipinski definition) is 6. The number of anilines is 1. The molecule has 0 saturated carbocycles. The number of rotatable bonds is 7. The molecule has 20 heavy (non-hydrogen) atoms. The Balaban J connectivity index is 2.98. The normalized spacial score (nSPS) is 11.4. The van der Waals surface area contributed by atoms with Crippen LogP contribution in [0.1, 0.15) is 13.8 Å². The summed E-state index contributed by atoms with van der Waals surface area (Å²) in [6, 6.07) is 2.99. The van der Waals surface area contributed by atoms with Crippen LogP contribution >= 0.6 is 0 Å². The SMILES string of the molecule is CCOC(=O)C(C)Nc1cc(OC)c(OC)c(OC)c1. The maximum atomic E-state index is 11.6. The summed E-state index contributed by atoms with van der Waals surface area (Å²) in [6.45, 7) is 3.84. The Hall–Kier alpha value is -2.11. The maximum absolute atomic E-state index is 11.6. The van der Waals surface area contributed by atoms with Gasteiger partial charge in [0.1, 0.15) is 6.04 Å². The largest absolute Gasteiger partial charge is 0.493 e. The van der Waals surface area contributed by atoms with Crippen molar-refractivity contribution >= 4 is 11.7 Å². The highest BCUT2D eigenvalue weighted by Crippen LogP contribution is 2.40. The number of nitrogens with one attached hydrogen (secondary N) is 1. The van der Waals surface area contributed by atoms with Crippen molar-refractivity contribution in [3.63, 3.8) is 0 Å². The lowest BCUT2D eigenvalue weighted by atomic mass is 10.2. The highest BCUT2D eigenvalue weighted by molar-refractivity contribution is 5.79. The van der Waals surface area contributed by atoms with Gasteiger partial charge in [0, 0.05) is 17.8 Å². The predicted molar refractivity (Wildman–Crippen MR) is 75.8 cm³/mol. The van der Waals surface area contributed by atoms with Gasteiger partial charge >= 0.3 is 5.97 Å². The van der Waals surface area contributed by atoms with Gasteiger partial charge in [0.05, 0.1) is 27.9 Å². The first kappa shape index (κ1) is 15.9. The fraction of sp³-hybridized carbons (Fsp3) is 0.500. The summed E-state index contributed by atoms with van der Waals surface area (Å²) in [4.78, 5) is 11.6. The Kier molecular flexibility index (Phi) is 5.96. The molecule has 1 aromatic carbocycles. The van der Waals surface area contributed by atoms with Crippen LogP contribution in [0.2, 0.25) is 0 Å². The van der Waals surface area contributed by atoms with Crippen LogP contribution in [0.25, 0.3) is 0 Å². The van der Waals surface area contributed by atoms with Crippen molar-refractivity contribution in [2.45, 2.75) is 19.9 Å². The average molecular weight is 283 g/mol. The summed E-state index contributed by atoms with van der Waals surface area (Å²) in [7, 11) is 4.61. The van der Waals surface area contributed by atoms with Crippen LogP contribution in [-0.2, 0) is 9.53 Å². The lowest BCUT2D eigenvalue weighted by molar-refractivity contribution is -0.143. The highest BCUT2D eigenvalue weighted by Gasteiger charge is 2.17. The van der Waals surface area contributed by atoms with Gasteiger partial charge in [-0.2, -0.15) is 0 Å². The van der Waals surface area contributed by atoms with Crippen molar-refractivity contribution in [1.29, 1.82) is 0 Å². The standard InChI is InChI=1S/C14H21NO5/c1-6-20-14(16)9(2)15-10-7-11(17-3)13(19-5)12(8-10)18-4/h7-9,15H,6H2,1-5H3. The van der Waals surface area contributed by atoms with E-state index >= 15 is 0 Å². The molecule has 0 saturated heterocycles. The smallest absolute Gasteiger partial charge is 0.328 e. The average Bonchev–Trinajstić information content (AvgIpc) is 2.46. The molecular formula is C14H21NO5. The number of benzene rings is 1. The van der Waals surface area contributed by atoms with Crippen molar-refractivity contribution in [1.82, 2.24) is 0 Å². The minimum Gasteiger partial charge on any atom is -0.493 e. The number of carbonyl (C=O) groups is 1. The van der Waals surface area contributed by atoms with E-state index in [9.17, 15) is 4.79 Å². The molecule has 0 aliphatic heterocycles. The van der Waals surface area contributed by atoms with Gasteiger partial charge in [-0.1, -0.05) is 0 Å². The first-order valence-corrected chi connectivity index (χ1v) is 6.30. The van der Waals surface area contributed by atoms with Gasteiger partial charge < -0.3 is 24.3 Å². The first-order chi connectivity index (χ1) is 9.57. The molecular weight excluding hydrogens is 262 g/mol. The number of esters is 1. The van der Waals surface area contributed by atoms with Crippen LogP contribution in [0.15, 0.2) is 12.1 Å². The zero-order chi connectivity index (χ0) is 15.1. The second-order valence-electron chi connectivity index (χ2n) is 4.03. The summed E-state index contributed by atoms with van der Waals surface area (Å²) >= 11 is 0. The second kappa shape index (κ2) is 7.47. The van der Waals surface area contributed by atoms with Gasteiger partial charge in [0.2, 0.25) is 5.75 Å². The van der Waals surface area contributed by atoms with E-state index in [4.69, 9.17) is 18.9 Å². The molecule has 1 N–H and O–H groups in total. The van der Waals surface area contributed by atoms with E-state index < -0.39 is 6.04 Å². The van der Waals surface area contributed by atoms with E-state index in [0.717, 1.165) is 0 Å². The molecule has 0 aromatic heterocycles. The molecule has 0 radical (unpaired) electrons. The fourth-order valence-electron chi connectivity index (χ4n) is 1.74. The van der Waals surface area contributed by atoms with Gasteiger partial charge in [-0.25, -0.2) is 4.79 Å². The minimum absolute atomic E-state index is 0.318. The molecule has 0 bridgehead atoms. The van der Waals surface area contributed by atoms with E-state index in [1.807, 2.05) is 0 Å². The zero-order valence-corrected chi connectivity index (χ0v) is 12.5. The summed E-state index contributed by atoms with van der Waals surface area (Å²) in [5.41, 5.74) is 0.681. The van der Waals surface area contributed by atoms with Crippen LogP contribution in [0.5, 0.6) is 17.2 Å². The maximum Gasteiger partial charge on any atom is 0.328 e. The number of methoxy groups -OCH3 is 3. The highest BCUT2D eigenvalue weighted by atomic mass is 16.5. The predicted octanol–water partition coefficient (Wildman–Crippen LogP) is 2.08. The molecule has 1 unspecified atom stereocenters. The fourth-order valence-corrected chi connectivity index (χ4v) is 1.74. The molecule has 6 nitrogen and oxygen atoms in total. The lowest BCUT2D eigenvalue weighted by Gasteiger charge is -2.17.